The second-order valence-corrected chi connectivity index (χ2v) is 14.0. The first-order chi connectivity index (χ1) is 27.2. The first kappa shape index (κ1) is 30.7. The molecule has 0 amide bonds. The standard InChI is InChI=1S/C50H29N5/c51-30-34-11-10-12-35(31-52)50(34)55-48-25-22-33(32-21-24-47-41(27-32)40-17-6-9-20-46(40)53(47)36-13-2-1-3-14-36)28-42(48)43-29-37(23-26-49(43)55)54-44-18-7-4-15-38(44)39-16-5-8-19-45(39)54/h1-29H. The maximum absolute atomic E-state index is 10.3. The summed E-state index contributed by atoms with van der Waals surface area (Å²) in [6, 6.07) is 66.1. The van der Waals surface area contributed by atoms with Gasteiger partial charge in [-0.1, -0.05) is 91.0 Å². The van der Waals surface area contributed by atoms with Crippen molar-refractivity contribution in [2.24, 2.45) is 0 Å². The Kier molecular flexibility index (Phi) is 6.61. The first-order valence-electron chi connectivity index (χ1n) is 18.3. The number of hydrogen-bond donors (Lipinski definition) is 0. The highest BCUT2D eigenvalue weighted by Crippen LogP contribution is 2.41. The van der Waals surface area contributed by atoms with Crippen LogP contribution < -0.4 is 0 Å². The van der Waals surface area contributed by atoms with Gasteiger partial charge >= 0.3 is 0 Å². The topological polar surface area (TPSA) is 62.4 Å². The molecule has 0 aliphatic carbocycles. The monoisotopic (exact) mass is 699 g/mol. The summed E-state index contributed by atoms with van der Waals surface area (Å²) < 4.78 is 6.76. The van der Waals surface area contributed by atoms with Crippen molar-refractivity contribution in [3.63, 3.8) is 0 Å². The second kappa shape index (κ2) is 11.8. The summed E-state index contributed by atoms with van der Waals surface area (Å²) in [4.78, 5) is 0. The van der Waals surface area contributed by atoms with Crippen molar-refractivity contribution in [2.45, 2.75) is 0 Å². The molecule has 8 aromatic carbocycles. The van der Waals surface area contributed by atoms with Crippen molar-refractivity contribution in [3.05, 3.63) is 187 Å². The lowest BCUT2D eigenvalue weighted by atomic mass is 10.0. The van der Waals surface area contributed by atoms with E-state index in [-0.39, 0.29) is 0 Å². The molecule has 0 N–H and O–H groups in total. The van der Waals surface area contributed by atoms with E-state index in [9.17, 15) is 10.5 Å². The van der Waals surface area contributed by atoms with Crippen LogP contribution in [-0.4, -0.2) is 13.7 Å². The van der Waals surface area contributed by atoms with E-state index < -0.39 is 0 Å². The number of aromatic nitrogens is 3. The van der Waals surface area contributed by atoms with E-state index in [0.29, 0.717) is 16.8 Å². The maximum Gasteiger partial charge on any atom is 0.101 e. The normalized spacial score (nSPS) is 11.6. The fraction of sp³-hybridized carbons (Fsp3) is 0. The Morgan fingerprint density at radius 3 is 1.29 bits per heavy atom. The Morgan fingerprint density at radius 1 is 0.309 bits per heavy atom. The van der Waals surface area contributed by atoms with E-state index in [1.54, 1.807) is 18.2 Å². The minimum Gasteiger partial charge on any atom is -0.309 e. The van der Waals surface area contributed by atoms with Gasteiger partial charge in [-0.3, -0.25) is 0 Å². The number of benzene rings is 8. The Hall–Kier alpha value is -7.86. The lowest BCUT2D eigenvalue weighted by Gasteiger charge is -2.13. The summed E-state index contributed by atoms with van der Waals surface area (Å²) in [6.45, 7) is 0. The number of fused-ring (bicyclic) bond motifs is 9. The van der Waals surface area contributed by atoms with E-state index >= 15 is 0 Å². The molecule has 0 fully saturated rings. The van der Waals surface area contributed by atoms with Crippen LogP contribution in [0.15, 0.2) is 176 Å². The molecule has 0 unspecified atom stereocenters. The van der Waals surface area contributed by atoms with Crippen molar-refractivity contribution < 1.29 is 0 Å². The van der Waals surface area contributed by atoms with Gasteiger partial charge in [0, 0.05) is 43.7 Å². The third-order valence-corrected chi connectivity index (χ3v) is 11.1. The highest BCUT2D eigenvalue weighted by Gasteiger charge is 2.21. The molecule has 0 aliphatic rings. The molecular formula is C50H29N5. The van der Waals surface area contributed by atoms with Gasteiger partial charge in [-0.25, -0.2) is 0 Å². The van der Waals surface area contributed by atoms with Crippen LogP contribution in [0.4, 0.5) is 0 Å². The number of para-hydroxylation sites is 5. The lowest BCUT2D eigenvalue weighted by Crippen LogP contribution is -2.01. The smallest absolute Gasteiger partial charge is 0.101 e. The summed E-state index contributed by atoms with van der Waals surface area (Å²) in [5, 5.41) is 27.5. The second-order valence-electron chi connectivity index (χ2n) is 14.0. The van der Waals surface area contributed by atoms with Crippen LogP contribution in [0.5, 0.6) is 0 Å². The van der Waals surface area contributed by atoms with Crippen LogP contribution >= 0.6 is 0 Å². The summed E-state index contributed by atoms with van der Waals surface area (Å²) in [6.07, 6.45) is 0. The van der Waals surface area contributed by atoms with Crippen LogP contribution in [0.3, 0.4) is 0 Å². The van der Waals surface area contributed by atoms with Crippen LogP contribution in [0.1, 0.15) is 11.1 Å². The summed E-state index contributed by atoms with van der Waals surface area (Å²) in [7, 11) is 0. The zero-order valence-electron chi connectivity index (χ0n) is 29.5. The van der Waals surface area contributed by atoms with Crippen molar-refractivity contribution >= 4 is 65.4 Å². The van der Waals surface area contributed by atoms with Crippen LogP contribution in [-0.2, 0) is 0 Å². The lowest BCUT2D eigenvalue weighted by molar-refractivity contribution is 1.15. The highest BCUT2D eigenvalue weighted by atomic mass is 15.0. The molecule has 11 aromatic rings. The number of hydrogen-bond acceptors (Lipinski definition) is 2. The Bertz CT molecular complexity index is 3370. The van der Waals surface area contributed by atoms with E-state index in [0.717, 1.165) is 60.9 Å². The van der Waals surface area contributed by atoms with Gasteiger partial charge in [-0.05, 0) is 96.1 Å². The molecule has 0 aliphatic heterocycles. The Morgan fingerprint density at radius 2 is 0.727 bits per heavy atom. The molecule has 0 radical (unpaired) electrons. The average Bonchev–Trinajstić information content (AvgIpc) is 3.88. The van der Waals surface area contributed by atoms with Gasteiger partial charge in [0.1, 0.15) is 12.1 Å². The Balaban J connectivity index is 1.19. The molecule has 0 saturated carbocycles. The number of rotatable bonds is 4. The maximum atomic E-state index is 10.3. The van der Waals surface area contributed by atoms with Gasteiger partial charge < -0.3 is 13.7 Å². The summed E-state index contributed by atoms with van der Waals surface area (Å²) in [5.74, 6) is 0. The quantitative estimate of drug-likeness (QED) is 0.184. The first-order valence-corrected chi connectivity index (χ1v) is 18.3. The van der Waals surface area contributed by atoms with Crippen LogP contribution in [0.2, 0.25) is 0 Å². The molecule has 254 valence electrons. The molecule has 3 heterocycles. The molecule has 11 rings (SSSR count). The molecule has 0 spiro atoms. The summed E-state index contributed by atoms with van der Waals surface area (Å²) in [5.41, 5.74) is 12.3. The Labute approximate surface area is 316 Å². The molecule has 55 heavy (non-hydrogen) atoms. The highest BCUT2D eigenvalue weighted by molar-refractivity contribution is 6.14. The van der Waals surface area contributed by atoms with Gasteiger partial charge in [-0.2, -0.15) is 10.5 Å². The van der Waals surface area contributed by atoms with Gasteiger partial charge in [0.15, 0.2) is 0 Å². The zero-order valence-corrected chi connectivity index (χ0v) is 29.5. The molecule has 5 heteroatoms. The largest absolute Gasteiger partial charge is 0.309 e. The van der Waals surface area contributed by atoms with E-state index in [4.69, 9.17) is 0 Å². The van der Waals surface area contributed by atoms with Crippen LogP contribution in [0, 0.1) is 22.7 Å². The molecule has 0 atom stereocenters. The van der Waals surface area contributed by atoms with Crippen molar-refractivity contribution in [1.82, 2.24) is 13.7 Å². The third kappa shape index (κ3) is 4.45. The van der Waals surface area contributed by atoms with Crippen LogP contribution in [0.25, 0.3) is 93.6 Å². The van der Waals surface area contributed by atoms with Gasteiger partial charge in [0.2, 0.25) is 0 Å². The van der Waals surface area contributed by atoms with Crippen molar-refractivity contribution in [3.8, 4) is 40.3 Å². The molecule has 0 bridgehead atoms. The average molecular weight is 700 g/mol. The van der Waals surface area contributed by atoms with Gasteiger partial charge in [0.25, 0.3) is 0 Å². The third-order valence-electron chi connectivity index (χ3n) is 11.1. The minimum atomic E-state index is 0.452. The molecular weight excluding hydrogens is 671 g/mol. The van der Waals surface area contributed by atoms with Gasteiger partial charge in [-0.15, -0.1) is 0 Å². The van der Waals surface area contributed by atoms with E-state index in [2.05, 4.69) is 184 Å². The predicted octanol–water partition coefficient (Wildman–Crippen LogP) is 12.4. The summed E-state index contributed by atoms with van der Waals surface area (Å²) >= 11 is 0. The number of nitriles is 2. The van der Waals surface area contributed by atoms with E-state index in [1.165, 1.54) is 27.1 Å². The molecule has 5 nitrogen and oxygen atoms in total. The fourth-order valence-electron chi connectivity index (χ4n) is 8.74. The molecule has 3 aromatic heterocycles. The zero-order chi connectivity index (χ0) is 36.6. The molecule has 0 saturated heterocycles. The van der Waals surface area contributed by atoms with Gasteiger partial charge in [0.05, 0.1) is 49.9 Å². The van der Waals surface area contributed by atoms with Crippen molar-refractivity contribution in [2.75, 3.05) is 0 Å². The number of nitrogens with zero attached hydrogens (tertiary/aromatic N) is 5. The van der Waals surface area contributed by atoms with E-state index in [1.807, 2.05) is 0 Å². The van der Waals surface area contributed by atoms with Crippen molar-refractivity contribution in [1.29, 1.82) is 10.5 Å². The fourth-order valence-corrected chi connectivity index (χ4v) is 8.74. The SMILES string of the molecule is N#Cc1cccc(C#N)c1-n1c2ccc(-c3ccc4c(c3)c3ccccc3n4-c3ccccc3)cc2c2cc(-n3c4ccccc4c4ccccc43)ccc21. The minimum absolute atomic E-state index is 0.452. The predicted molar refractivity (Wildman–Crippen MR) is 224 cm³/mol.